The van der Waals surface area contributed by atoms with Crippen molar-refractivity contribution in [3.05, 3.63) is 46.9 Å². The highest BCUT2D eigenvalue weighted by Gasteiger charge is 2.04. The zero-order valence-electron chi connectivity index (χ0n) is 10.4. The van der Waals surface area contributed by atoms with Crippen LogP contribution in [0.2, 0.25) is 5.15 Å². The molecular weight excluding hydrogens is 266 g/mol. The molecule has 2 N–H and O–H groups in total. The van der Waals surface area contributed by atoms with Crippen molar-refractivity contribution in [2.24, 2.45) is 0 Å². The molecule has 2 aromatic rings. The van der Waals surface area contributed by atoms with E-state index in [1.807, 2.05) is 12.1 Å². The number of hydrogen-bond acceptors (Lipinski definition) is 5. The normalized spacial score (nSPS) is 10.4. The molecule has 0 amide bonds. The van der Waals surface area contributed by atoms with E-state index in [9.17, 15) is 5.11 Å². The number of hydrogen-bond donors (Lipinski definition) is 2. The molecule has 6 heteroatoms. The highest BCUT2D eigenvalue weighted by molar-refractivity contribution is 6.29. The Labute approximate surface area is 116 Å². The Balaban J connectivity index is 2.09. The van der Waals surface area contributed by atoms with Crippen LogP contribution in [0.25, 0.3) is 0 Å². The van der Waals surface area contributed by atoms with Gasteiger partial charge in [0.1, 0.15) is 23.3 Å². The number of methoxy groups -OCH3 is 1. The molecule has 5 nitrogen and oxygen atoms in total. The van der Waals surface area contributed by atoms with E-state index < -0.39 is 0 Å². The Hall–Kier alpha value is -1.85. The predicted octanol–water partition coefficient (Wildman–Crippen LogP) is 2.59. The number of nitrogens with one attached hydrogen (secondary N) is 1. The van der Waals surface area contributed by atoms with Gasteiger partial charge >= 0.3 is 0 Å². The molecule has 0 saturated carbocycles. The van der Waals surface area contributed by atoms with Crippen LogP contribution in [-0.4, -0.2) is 22.2 Å². The Morgan fingerprint density at radius 3 is 2.84 bits per heavy atom. The van der Waals surface area contributed by atoms with Crippen LogP contribution in [0.3, 0.4) is 0 Å². The van der Waals surface area contributed by atoms with E-state index in [0.717, 1.165) is 5.56 Å². The fraction of sp³-hybridized carbons (Fsp3) is 0.231. The maximum Gasteiger partial charge on any atom is 0.158 e. The molecule has 0 unspecified atom stereocenters. The Bertz CT molecular complexity index is 563. The molecule has 1 heterocycles. The van der Waals surface area contributed by atoms with Gasteiger partial charge in [-0.2, -0.15) is 0 Å². The molecule has 1 aromatic heterocycles. The van der Waals surface area contributed by atoms with Crippen LogP contribution in [0.1, 0.15) is 11.4 Å². The summed E-state index contributed by atoms with van der Waals surface area (Å²) in [6, 6.07) is 8.74. The van der Waals surface area contributed by atoms with Crippen molar-refractivity contribution in [3.8, 4) is 5.75 Å². The number of aromatic hydroxyl groups is 1. The first-order chi connectivity index (χ1) is 9.19. The number of rotatable bonds is 5. The van der Waals surface area contributed by atoms with Gasteiger partial charge in [-0.15, -0.1) is 0 Å². The molecule has 0 aliphatic rings. The number of aromatic nitrogens is 2. The Morgan fingerprint density at radius 1 is 1.32 bits per heavy atom. The summed E-state index contributed by atoms with van der Waals surface area (Å²) in [6.07, 6.45) is 0. The largest absolute Gasteiger partial charge is 0.508 e. The lowest BCUT2D eigenvalue weighted by Crippen LogP contribution is -2.05. The van der Waals surface area contributed by atoms with Crippen LogP contribution in [0.4, 0.5) is 5.82 Å². The number of benzene rings is 1. The van der Waals surface area contributed by atoms with E-state index >= 15 is 0 Å². The maximum atomic E-state index is 9.66. The molecule has 19 heavy (non-hydrogen) atoms. The minimum absolute atomic E-state index is 0.243. The van der Waals surface area contributed by atoms with Crippen LogP contribution in [0.5, 0.6) is 5.75 Å². The van der Waals surface area contributed by atoms with E-state index in [1.165, 1.54) is 0 Å². The summed E-state index contributed by atoms with van der Waals surface area (Å²) in [6.45, 7) is 0.748. The van der Waals surface area contributed by atoms with E-state index in [0.29, 0.717) is 29.9 Å². The number of halogens is 1. The highest BCUT2D eigenvalue weighted by atomic mass is 35.5. The molecule has 100 valence electrons. The summed E-state index contributed by atoms with van der Waals surface area (Å²) in [5.41, 5.74) is 0.783. The number of nitrogens with zero attached hydrogens (tertiary/aromatic N) is 2. The minimum atomic E-state index is 0.243. The van der Waals surface area contributed by atoms with Crippen molar-refractivity contribution in [2.75, 3.05) is 12.4 Å². The summed E-state index contributed by atoms with van der Waals surface area (Å²) in [5.74, 6) is 1.34. The molecule has 0 radical (unpaired) electrons. The van der Waals surface area contributed by atoms with E-state index in [-0.39, 0.29) is 5.75 Å². The van der Waals surface area contributed by atoms with Crippen molar-refractivity contribution in [1.82, 2.24) is 9.97 Å². The molecule has 0 atom stereocenters. The second-order valence-corrected chi connectivity index (χ2v) is 4.29. The average Bonchev–Trinajstić information content (AvgIpc) is 2.37. The van der Waals surface area contributed by atoms with E-state index in [2.05, 4.69) is 15.3 Å². The van der Waals surface area contributed by atoms with Crippen molar-refractivity contribution in [1.29, 1.82) is 0 Å². The monoisotopic (exact) mass is 279 g/mol. The first-order valence-electron chi connectivity index (χ1n) is 5.72. The molecule has 1 aromatic carbocycles. The second-order valence-electron chi connectivity index (χ2n) is 3.91. The third kappa shape index (κ3) is 3.81. The van der Waals surface area contributed by atoms with Gasteiger partial charge in [0.2, 0.25) is 0 Å². The predicted molar refractivity (Wildman–Crippen MR) is 73.2 cm³/mol. The Morgan fingerprint density at radius 2 is 2.11 bits per heavy atom. The summed E-state index contributed by atoms with van der Waals surface area (Å²) in [4.78, 5) is 8.29. The van der Waals surface area contributed by atoms with Gasteiger partial charge < -0.3 is 15.2 Å². The summed E-state index contributed by atoms with van der Waals surface area (Å²) in [7, 11) is 1.57. The fourth-order valence-electron chi connectivity index (χ4n) is 1.60. The smallest absolute Gasteiger partial charge is 0.158 e. The lowest BCUT2D eigenvalue weighted by atomic mass is 10.2. The number of phenols is 1. The van der Waals surface area contributed by atoms with E-state index in [4.69, 9.17) is 16.3 Å². The number of anilines is 1. The lowest BCUT2D eigenvalue weighted by molar-refractivity contribution is 0.178. The highest BCUT2D eigenvalue weighted by Crippen LogP contribution is 2.18. The molecule has 0 bridgehead atoms. The zero-order valence-corrected chi connectivity index (χ0v) is 11.2. The maximum absolute atomic E-state index is 9.66. The summed E-state index contributed by atoms with van der Waals surface area (Å²) in [5, 5.41) is 13.1. The fourth-order valence-corrected chi connectivity index (χ4v) is 1.80. The van der Waals surface area contributed by atoms with Gasteiger partial charge in [-0.05, 0) is 6.07 Å². The van der Waals surface area contributed by atoms with Gasteiger partial charge in [0.05, 0.1) is 0 Å². The van der Waals surface area contributed by atoms with Crippen molar-refractivity contribution in [3.63, 3.8) is 0 Å². The van der Waals surface area contributed by atoms with Crippen molar-refractivity contribution >= 4 is 17.4 Å². The zero-order chi connectivity index (χ0) is 13.7. The summed E-state index contributed by atoms with van der Waals surface area (Å²) < 4.78 is 4.97. The van der Waals surface area contributed by atoms with Crippen LogP contribution < -0.4 is 5.32 Å². The lowest BCUT2D eigenvalue weighted by Gasteiger charge is -2.08. The number of para-hydroxylation sites is 1. The third-order valence-electron chi connectivity index (χ3n) is 2.47. The van der Waals surface area contributed by atoms with Gasteiger partial charge in [-0.1, -0.05) is 29.8 Å². The first-order valence-corrected chi connectivity index (χ1v) is 6.10. The third-order valence-corrected chi connectivity index (χ3v) is 2.66. The van der Waals surface area contributed by atoms with E-state index in [1.54, 1.807) is 25.3 Å². The molecule has 0 saturated heterocycles. The number of ether oxygens (including phenoxy) is 1. The second kappa shape index (κ2) is 6.36. The summed E-state index contributed by atoms with van der Waals surface area (Å²) >= 11 is 5.90. The van der Waals surface area contributed by atoms with Gasteiger partial charge in [0.15, 0.2) is 5.82 Å². The van der Waals surface area contributed by atoms with Crippen LogP contribution in [-0.2, 0) is 17.9 Å². The van der Waals surface area contributed by atoms with Gasteiger partial charge in [-0.3, -0.25) is 0 Å². The topological polar surface area (TPSA) is 67.3 Å². The molecule has 0 aliphatic carbocycles. The molecule has 0 aliphatic heterocycles. The first kappa shape index (κ1) is 13.6. The van der Waals surface area contributed by atoms with Crippen LogP contribution in [0.15, 0.2) is 30.3 Å². The standard InChI is InChI=1S/C13H14ClN3O2/c1-19-8-13-16-11(14)6-12(17-13)15-7-9-4-2-3-5-10(9)18/h2-6,18H,7-8H2,1H3,(H,15,16,17). The minimum Gasteiger partial charge on any atom is -0.508 e. The van der Waals surface area contributed by atoms with Gasteiger partial charge in [0, 0.05) is 25.3 Å². The van der Waals surface area contributed by atoms with Gasteiger partial charge in [-0.25, -0.2) is 9.97 Å². The van der Waals surface area contributed by atoms with Crippen molar-refractivity contribution in [2.45, 2.75) is 13.2 Å². The van der Waals surface area contributed by atoms with Crippen molar-refractivity contribution < 1.29 is 9.84 Å². The molecule has 0 spiro atoms. The average molecular weight is 280 g/mol. The van der Waals surface area contributed by atoms with Gasteiger partial charge in [0.25, 0.3) is 0 Å². The quantitative estimate of drug-likeness (QED) is 0.824. The van der Waals surface area contributed by atoms with Crippen LogP contribution in [0, 0.1) is 0 Å². The molecule has 0 fully saturated rings. The van der Waals surface area contributed by atoms with Crippen LogP contribution >= 0.6 is 11.6 Å². The molecular formula is C13H14ClN3O2. The molecule has 2 rings (SSSR count). The number of phenolic OH excluding ortho intramolecular Hbond substituents is 1. The Kier molecular flexibility index (Phi) is 4.54. The SMILES string of the molecule is COCc1nc(Cl)cc(NCc2ccccc2O)n1.